The highest BCUT2D eigenvalue weighted by Crippen LogP contribution is 2.40. The molecule has 0 aliphatic heterocycles. The number of benzene rings is 1. The summed E-state index contributed by atoms with van der Waals surface area (Å²) >= 11 is 6.11. The summed E-state index contributed by atoms with van der Waals surface area (Å²) in [4.78, 5) is 0. The summed E-state index contributed by atoms with van der Waals surface area (Å²) in [6.07, 6.45) is 5.00. The minimum atomic E-state index is 0.0248. The van der Waals surface area contributed by atoms with Crippen molar-refractivity contribution in [1.82, 2.24) is 0 Å². The molecule has 1 aliphatic rings. The molecule has 2 N–H and O–H groups in total. The standard InChI is InChI=1S/C17H26ClNO/c1-11(2)12-4-6-13(7-5-12)17(19)15-10-14(18)8-9-16(15)20-3/h8-13,17H,4-7,19H2,1-3H3. The summed E-state index contributed by atoms with van der Waals surface area (Å²) in [6.45, 7) is 4.65. The van der Waals surface area contributed by atoms with E-state index in [1.807, 2.05) is 18.2 Å². The van der Waals surface area contributed by atoms with Gasteiger partial charge >= 0.3 is 0 Å². The highest BCUT2D eigenvalue weighted by molar-refractivity contribution is 6.30. The lowest BCUT2D eigenvalue weighted by Crippen LogP contribution is -2.27. The number of hydrogen-bond acceptors (Lipinski definition) is 2. The monoisotopic (exact) mass is 295 g/mol. The zero-order valence-corrected chi connectivity index (χ0v) is 13.5. The van der Waals surface area contributed by atoms with Crippen LogP contribution in [0.2, 0.25) is 5.02 Å². The number of halogens is 1. The van der Waals surface area contributed by atoms with Crippen LogP contribution in [-0.2, 0) is 0 Å². The number of ether oxygens (including phenoxy) is 1. The van der Waals surface area contributed by atoms with Crippen LogP contribution in [0.15, 0.2) is 18.2 Å². The fraction of sp³-hybridized carbons (Fsp3) is 0.647. The van der Waals surface area contributed by atoms with Crippen LogP contribution >= 0.6 is 11.6 Å². The van der Waals surface area contributed by atoms with Crippen LogP contribution in [0, 0.1) is 17.8 Å². The second-order valence-electron chi connectivity index (χ2n) is 6.33. The molecule has 1 unspecified atom stereocenters. The quantitative estimate of drug-likeness (QED) is 0.865. The van der Waals surface area contributed by atoms with E-state index in [0.717, 1.165) is 28.2 Å². The largest absolute Gasteiger partial charge is 0.496 e. The van der Waals surface area contributed by atoms with Crippen molar-refractivity contribution in [1.29, 1.82) is 0 Å². The lowest BCUT2D eigenvalue weighted by Gasteiger charge is -2.34. The van der Waals surface area contributed by atoms with Gasteiger partial charge in [0.15, 0.2) is 0 Å². The topological polar surface area (TPSA) is 35.2 Å². The highest BCUT2D eigenvalue weighted by atomic mass is 35.5. The molecule has 20 heavy (non-hydrogen) atoms. The highest BCUT2D eigenvalue weighted by Gasteiger charge is 2.29. The van der Waals surface area contributed by atoms with E-state index in [1.54, 1.807) is 7.11 Å². The minimum Gasteiger partial charge on any atom is -0.496 e. The zero-order valence-electron chi connectivity index (χ0n) is 12.7. The maximum absolute atomic E-state index is 6.50. The van der Waals surface area contributed by atoms with Crippen LogP contribution in [-0.4, -0.2) is 7.11 Å². The Morgan fingerprint density at radius 1 is 1.15 bits per heavy atom. The molecule has 0 amide bonds. The molecule has 1 aromatic rings. The Balaban J connectivity index is 2.09. The average Bonchev–Trinajstić information content (AvgIpc) is 2.46. The maximum Gasteiger partial charge on any atom is 0.123 e. The Morgan fingerprint density at radius 2 is 1.75 bits per heavy atom. The van der Waals surface area contributed by atoms with E-state index < -0.39 is 0 Å². The van der Waals surface area contributed by atoms with Crippen molar-refractivity contribution in [3.8, 4) is 5.75 Å². The maximum atomic E-state index is 6.50. The first kappa shape index (κ1) is 15.7. The second kappa shape index (κ2) is 6.82. The van der Waals surface area contributed by atoms with Gasteiger partial charge in [0.05, 0.1) is 7.11 Å². The molecule has 0 bridgehead atoms. The normalized spacial score (nSPS) is 24.7. The molecule has 1 saturated carbocycles. The molecule has 1 fully saturated rings. The Hall–Kier alpha value is -0.730. The number of hydrogen-bond donors (Lipinski definition) is 1. The van der Waals surface area contributed by atoms with Crippen molar-refractivity contribution in [2.75, 3.05) is 7.11 Å². The summed E-state index contributed by atoms with van der Waals surface area (Å²) < 4.78 is 5.43. The number of nitrogens with two attached hydrogens (primary N) is 1. The van der Waals surface area contributed by atoms with Gasteiger partial charge in [-0.15, -0.1) is 0 Å². The smallest absolute Gasteiger partial charge is 0.123 e. The molecule has 2 nitrogen and oxygen atoms in total. The third-order valence-electron chi connectivity index (χ3n) is 4.82. The molecule has 1 aromatic carbocycles. The van der Waals surface area contributed by atoms with Crippen molar-refractivity contribution in [3.05, 3.63) is 28.8 Å². The van der Waals surface area contributed by atoms with E-state index in [-0.39, 0.29) is 6.04 Å². The lowest BCUT2D eigenvalue weighted by atomic mass is 9.73. The molecule has 1 atom stereocenters. The van der Waals surface area contributed by atoms with Gasteiger partial charge in [-0.1, -0.05) is 25.4 Å². The van der Waals surface area contributed by atoms with Gasteiger partial charge in [0.2, 0.25) is 0 Å². The van der Waals surface area contributed by atoms with E-state index in [1.165, 1.54) is 25.7 Å². The summed E-state index contributed by atoms with van der Waals surface area (Å²) in [5.74, 6) is 3.04. The van der Waals surface area contributed by atoms with Crippen molar-refractivity contribution in [3.63, 3.8) is 0 Å². The van der Waals surface area contributed by atoms with E-state index in [2.05, 4.69) is 13.8 Å². The van der Waals surface area contributed by atoms with Crippen LogP contribution in [0.5, 0.6) is 5.75 Å². The SMILES string of the molecule is COc1ccc(Cl)cc1C(N)C1CCC(C(C)C)CC1. The van der Waals surface area contributed by atoms with E-state index in [0.29, 0.717) is 5.92 Å². The third-order valence-corrected chi connectivity index (χ3v) is 5.05. The molecule has 0 radical (unpaired) electrons. The van der Waals surface area contributed by atoms with Crippen molar-refractivity contribution in [2.45, 2.75) is 45.6 Å². The second-order valence-corrected chi connectivity index (χ2v) is 6.77. The summed E-state index contributed by atoms with van der Waals surface area (Å²) in [6, 6.07) is 5.75. The predicted molar refractivity (Wildman–Crippen MR) is 85.2 cm³/mol. The summed E-state index contributed by atoms with van der Waals surface area (Å²) in [5.41, 5.74) is 7.55. The molecule has 0 saturated heterocycles. The Kier molecular flexibility index (Phi) is 5.34. The lowest BCUT2D eigenvalue weighted by molar-refractivity contribution is 0.202. The fourth-order valence-electron chi connectivity index (χ4n) is 3.39. The molecule has 112 valence electrons. The van der Waals surface area contributed by atoms with Crippen LogP contribution in [0.25, 0.3) is 0 Å². The summed E-state index contributed by atoms with van der Waals surface area (Å²) in [5, 5.41) is 0.729. The molecule has 0 heterocycles. The third kappa shape index (κ3) is 3.48. The molecule has 2 rings (SSSR count). The zero-order chi connectivity index (χ0) is 14.7. The van der Waals surface area contributed by atoms with Crippen molar-refractivity contribution < 1.29 is 4.74 Å². The Labute approximate surface area is 127 Å². The molecular weight excluding hydrogens is 270 g/mol. The van der Waals surface area contributed by atoms with Gasteiger partial charge in [-0.2, -0.15) is 0 Å². The first-order valence-electron chi connectivity index (χ1n) is 7.62. The molecular formula is C17H26ClNO. The van der Waals surface area contributed by atoms with Crippen molar-refractivity contribution in [2.24, 2.45) is 23.5 Å². The first-order chi connectivity index (χ1) is 9.52. The van der Waals surface area contributed by atoms with Gasteiger partial charge in [-0.3, -0.25) is 0 Å². The van der Waals surface area contributed by atoms with Gasteiger partial charge < -0.3 is 10.5 Å². The van der Waals surface area contributed by atoms with Crippen LogP contribution in [0.4, 0.5) is 0 Å². The van der Waals surface area contributed by atoms with E-state index in [9.17, 15) is 0 Å². The van der Waals surface area contributed by atoms with E-state index in [4.69, 9.17) is 22.1 Å². The van der Waals surface area contributed by atoms with Crippen LogP contribution in [0.1, 0.15) is 51.1 Å². The van der Waals surface area contributed by atoms with Gasteiger partial charge in [0.25, 0.3) is 0 Å². The molecule has 1 aliphatic carbocycles. The Morgan fingerprint density at radius 3 is 2.30 bits per heavy atom. The fourth-order valence-corrected chi connectivity index (χ4v) is 3.57. The molecule has 3 heteroatoms. The minimum absolute atomic E-state index is 0.0248. The van der Waals surface area contributed by atoms with Gasteiger partial charge in [-0.05, 0) is 61.6 Å². The van der Waals surface area contributed by atoms with Crippen LogP contribution in [0.3, 0.4) is 0 Å². The van der Waals surface area contributed by atoms with Crippen molar-refractivity contribution >= 4 is 11.6 Å². The van der Waals surface area contributed by atoms with Gasteiger partial charge in [0, 0.05) is 16.6 Å². The Bertz CT molecular complexity index is 439. The first-order valence-corrected chi connectivity index (χ1v) is 7.99. The summed E-state index contributed by atoms with van der Waals surface area (Å²) in [7, 11) is 1.69. The van der Waals surface area contributed by atoms with E-state index >= 15 is 0 Å². The number of methoxy groups -OCH3 is 1. The molecule has 0 aromatic heterocycles. The number of rotatable bonds is 4. The average molecular weight is 296 g/mol. The molecule has 0 spiro atoms. The van der Waals surface area contributed by atoms with Crippen LogP contribution < -0.4 is 10.5 Å². The van der Waals surface area contributed by atoms with Gasteiger partial charge in [-0.25, -0.2) is 0 Å². The predicted octanol–water partition coefficient (Wildman–Crippen LogP) is 4.81. The van der Waals surface area contributed by atoms with Gasteiger partial charge in [0.1, 0.15) is 5.75 Å².